The smallest absolute Gasteiger partial charge is 0.339 e. The zero-order valence-corrected chi connectivity index (χ0v) is 16.8. The third-order valence-corrected chi connectivity index (χ3v) is 5.02. The average Bonchev–Trinajstić information content (AvgIpc) is 2.58. The van der Waals surface area contributed by atoms with E-state index in [2.05, 4.69) is 14.2 Å². The molecule has 0 fully saturated rings. The lowest BCUT2D eigenvalue weighted by Gasteiger charge is -2.20. The van der Waals surface area contributed by atoms with E-state index in [0.717, 1.165) is 13.2 Å². The lowest BCUT2D eigenvalue weighted by atomic mass is 10.1. The second-order valence-corrected chi connectivity index (χ2v) is 7.56. The first-order chi connectivity index (χ1) is 11.7. The van der Waals surface area contributed by atoms with Crippen LogP contribution in [0.25, 0.3) is 0 Å². The Bertz CT molecular complexity index is 736. The van der Waals surface area contributed by atoms with Gasteiger partial charge in [-0.25, -0.2) is 22.7 Å². The van der Waals surface area contributed by atoms with E-state index in [9.17, 15) is 18.0 Å². The maximum atomic E-state index is 12.8. The fourth-order valence-electron chi connectivity index (χ4n) is 2.31. The average molecular weight is 409 g/mol. The molecule has 0 saturated carbocycles. The quantitative estimate of drug-likeness (QED) is 0.621. The third-order valence-electron chi connectivity index (χ3n) is 3.46. The molecule has 0 saturated heterocycles. The van der Waals surface area contributed by atoms with Crippen LogP contribution in [0.2, 0.25) is 0 Å². The van der Waals surface area contributed by atoms with Crippen LogP contribution in [-0.4, -0.2) is 47.2 Å². The largest absolute Gasteiger partial charge is 0.465 e. The summed E-state index contributed by atoms with van der Waals surface area (Å²) in [4.78, 5) is 23.2. The van der Waals surface area contributed by atoms with Crippen molar-refractivity contribution < 1.29 is 27.5 Å². The van der Waals surface area contributed by atoms with Crippen LogP contribution in [0.4, 0.5) is 0 Å². The topological polar surface area (TPSA) is 125 Å². The standard InChI is InChI=1S/C16H24N2O6S.ClH/c1-10(2)7-12(9-17)18-25(21,22)14-8-11(15(19)23-3)5-6-13(14)16(20)24-4;/h5-6,8,10,12,18H,7,9,17H2,1-4H3;1H. The minimum absolute atomic E-state index is 0. The van der Waals surface area contributed by atoms with Crippen LogP contribution >= 0.6 is 12.4 Å². The van der Waals surface area contributed by atoms with Crippen molar-refractivity contribution in [3.63, 3.8) is 0 Å². The summed E-state index contributed by atoms with van der Waals surface area (Å²) < 4.78 is 37.2. The van der Waals surface area contributed by atoms with Crippen molar-refractivity contribution in [1.82, 2.24) is 4.72 Å². The van der Waals surface area contributed by atoms with Gasteiger partial charge in [-0.15, -0.1) is 12.4 Å². The molecule has 0 aliphatic rings. The molecule has 0 aliphatic heterocycles. The van der Waals surface area contributed by atoms with Gasteiger partial charge in [0, 0.05) is 12.6 Å². The first-order valence-electron chi connectivity index (χ1n) is 7.69. The Morgan fingerprint density at radius 3 is 2.19 bits per heavy atom. The number of hydrogen-bond donors (Lipinski definition) is 2. The summed E-state index contributed by atoms with van der Waals surface area (Å²) in [6, 6.07) is 3.10. The van der Waals surface area contributed by atoms with Gasteiger partial charge >= 0.3 is 11.9 Å². The number of methoxy groups -OCH3 is 2. The molecule has 148 valence electrons. The van der Waals surface area contributed by atoms with Gasteiger partial charge in [0.2, 0.25) is 10.0 Å². The molecule has 0 aliphatic carbocycles. The fourth-order valence-corrected chi connectivity index (χ4v) is 3.79. The molecule has 0 radical (unpaired) electrons. The first-order valence-corrected chi connectivity index (χ1v) is 9.17. The van der Waals surface area contributed by atoms with Crippen LogP contribution in [0, 0.1) is 5.92 Å². The number of carbonyl (C=O) groups excluding carboxylic acids is 2. The number of rotatable bonds is 8. The van der Waals surface area contributed by atoms with Crippen molar-refractivity contribution >= 4 is 34.4 Å². The third kappa shape index (κ3) is 6.24. The van der Waals surface area contributed by atoms with Crippen molar-refractivity contribution in [1.29, 1.82) is 0 Å². The van der Waals surface area contributed by atoms with Crippen LogP contribution in [-0.2, 0) is 19.5 Å². The molecule has 10 heteroatoms. The molecule has 1 aromatic rings. The Morgan fingerprint density at radius 2 is 1.73 bits per heavy atom. The predicted molar refractivity (Wildman–Crippen MR) is 99.0 cm³/mol. The number of esters is 2. The summed E-state index contributed by atoms with van der Waals surface area (Å²) in [6.45, 7) is 3.98. The van der Waals surface area contributed by atoms with E-state index in [4.69, 9.17) is 5.73 Å². The summed E-state index contributed by atoms with van der Waals surface area (Å²) in [5, 5.41) is 0. The number of sulfonamides is 1. The summed E-state index contributed by atoms with van der Waals surface area (Å²) in [5.74, 6) is -1.33. The normalized spacial score (nSPS) is 12.2. The summed E-state index contributed by atoms with van der Waals surface area (Å²) in [6.07, 6.45) is 0.528. The van der Waals surface area contributed by atoms with E-state index in [0.29, 0.717) is 6.42 Å². The Labute approximate surface area is 159 Å². The Hall–Kier alpha value is -1.68. The molecule has 0 aromatic heterocycles. The number of nitrogens with two attached hydrogens (primary N) is 1. The van der Waals surface area contributed by atoms with Crippen molar-refractivity contribution in [3.8, 4) is 0 Å². The number of nitrogens with one attached hydrogen (secondary N) is 1. The van der Waals surface area contributed by atoms with Gasteiger partial charge in [0.05, 0.1) is 30.2 Å². The first kappa shape index (κ1) is 24.3. The van der Waals surface area contributed by atoms with E-state index < -0.39 is 28.0 Å². The van der Waals surface area contributed by atoms with Gasteiger partial charge in [0.25, 0.3) is 0 Å². The second kappa shape index (κ2) is 10.5. The van der Waals surface area contributed by atoms with Crippen molar-refractivity contribution in [2.45, 2.75) is 31.2 Å². The number of halogens is 1. The number of carbonyl (C=O) groups is 2. The molecular formula is C16H25ClN2O6S. The minimum Gasteiger partial charge on any atom is -0.465 e. The molecule has 0 heterocycles. The van der Waals surface area contributed by atoms with E-state index in [1.807, 2.05) is 13.8 Å². The van der Waals surface area contributed by atoms with Gasteiger partial charge in [-0.05, 0) is 30.5 Å². The van der Waals surface area contributed by atoms with Gasteiger partial charge in [0.15, 0.2) is 0 Å². The maximum Gasteiger partial charge on any atom is 0.339 e. The SMILES string of the molecule is COC(=O)c1ccc(C(=O)OC)c(S(=O)(=O)NC(CN)CC(C)C)c1.Cl. The minimum atomic E-state index is -4.11. The monoisotopic (exact) mass is 408 g/mol. The molecule has 0 bridgehead atoms. The Kier molecular flexibility index (Phi) is 9.79. The highest BCUT2D eigenvalue weighted by Gasteiger charge is 2.27. The highest BCUT2D eigenvalue weighted by molar-refractivity contribution is 7.89. The lowest BCUT2D eigenvalue weighted by Crippen LogP contribution is -2.41. The fraction of sp³-hybridized carbons (Fsp3) is 0.500. The van der Waals surface area contributed by atoms with Gasteiger partial charge in [-0.3, -0.25) is 0 Å². The van der Waals surface area contributed by atoms with E-state index >= 15 is 0 Å². The summed E-state index contributed by atoms with van der Waals surface area (Å²) >= 11 is 0. The van der Waals surface area contributed by atoms with Gasteiger partial charge < -0.3 is 15.2 Å². The van der Waals surface area contributed by atoms with Gasteiger partial charge in [0.1, 0.15) is 0 Å². The number of ether oxygens (including phenoxy) is 2. The molecule has 1 aromatic carbocycles. The van der Waals surface area contributed by atoms with Crippen LogP contribution in [0.5, 0.6) is 0 Å². The zero-order chi connectivity index (χ0) is 19.2. The van der Waals surface area contributed by atoms with E-state index in [1.54, 1.807) is 0 Å². The molecule has 1 atom stereocenters. The number of hydrogen-bond acceptors (Lipinski definition) is 7. The lowest BCUT2D eigenvalue weighted by molar-refractivity contribution is 0.0583. The van der Waals surface area contributed by atoms with Crippen molar-refractivity contribution in [3.05, 3.63) is 29.3 Å². The molecule has 1 unspecified atom stereocenters. The molecule has 0 amide bonds. The Morgan fingerprint density at radius 1 is 1.15 bits per heavy atom. The summed E-state index contributed by atoms with van der Waals surface area (Å²) in [7, 11) is -1.79. The van der Waals surface area contributed by atoms with Gasteiger partial charge in [-0.1, -0.05) is 13.8 Å². The van der Waals surface area contributed by atoms with Gasteiger partial charge in [-0.2, -0.15) is 0 Å². The highest BCUT2D eigenvalue weighted by Crippen LogP contribution is 2.20. The molecule has 1 rings (SSSR count). The predicted octanol–water partition coefficient (Wildman–Crippen LogP) is 1.33. The summed E-state index contributed by atoms with van der Waals surface area (Å²) in [5.41, 5.74) is 5.46. The van der Waals surface area contributed by atoms with E-state index in [1.165, 1.54) is 19.2 Å². The molecule has 3 N–H and O–H groups in total. The van der Waals surface area contributed by atoms with Crippen LogP contribution < -0.4 is 10.5 Å². The van der Waals surface area contributed by atoms with Crippen LogP contribution in [0.15, 0.2) is 23.1 Å². The van der Waals surface area contributed by atoms with E-state index in [-0.39, 0.29) is 40.9 Å². The maximum absolute atomic E-state index is 12.8. The highest BCUT2D eigenvalue weighted by atomic mass is 35.5. The molecule has 26 heavy (non-hydrogen) atoms. The molecule has 8 nitrogen and oxygen atoms in total. The Balaban J connectivity index is 0.00000625. The number of benzene rings is 1. The molecule has 0 spiro atoms. The van der Waals surface area contributed by atoms with Crippen LogP contribution in [0.3, 0.4) is 0 Å². The zero-order valence-electron chi connectivity index (χ0n) is 15.1. The van der Waals surface area contributed by atoms with Crippen molar-refractivity contribution in [2.75, 3.05) is 20.8 Å². The van der Waals surface area contributed by atoms with Crippen molar-refractivity contribution in [2.24, 2.45) is 11.7 Å². The van der Waals surface area contributed by atoms with Crippen LogP contribution in [0.1, 0.15) is 41.0 Å². The molecular weight excluding hydrogens is 384 g/mol. The second-order valence-electron chi connectivity index (χ2n) is 5.88.